The molecule has 0 aliphatic carbocycles. The summed E-state index contributed by atoms with van der Waals surface area (Å²) in [5.41, 5.74) is 2.23. The number of anilines is 2. The van der Waals surface area contributed by atoms with Gasteiger partial charge in [-0.2, -0.15) is 0 Å². The second-order valence-electron chi connectivity index (χ2n) is 6.45. The number of hydrogen-bond acceptors (Lipinski definition) is 4. The van der Waals surface area contributed by atoms with Gasteiger partial charge in [0, 0.05) is 37.5 Å². The molecule has 2 heterocycles. The summed E-state index contributed by atoms with van der Waals surface area (Å²) in [6, 6.07) is 5.30. The molecule has 2 fully saturated rings. The monoisotopic (exact) mass is 345 g/mol. The summed E-state index contributed by atoms with van der Waals surface area (Å²) in [4.78, 5) is 37.6. The molecule has 2 aliphatic rings. The fraction of sp³-hybridized carbons (Fsp3) is 0.500. The minimum absolute atomic E-state index is 0.0103. The van der Waals surface area contributed by atoms with E-state index in [4.69, 9.17) is 4.74 Å². The summed E-state index contributed by atoms with van der Waals surface area (Å²) in [6.07, 6.45) is 3.24. The molecule has 0 bridgehead atoms. The van der Waals surface area contributed by atoms with Gasteiger partial charge >= 0.3 is 11.8 Å². The van der Waals surface area contributed by atoms with Crippen molar-refractivity contribution in [2.45, 2.75) is 38.7 Å². The van der Waals surface area contributed by atoms with Gasteiger partial charge in [-0.1, -0.05) is 6.07 Å². The first-order chi connectivity index (χ1) is 12.0. The van der Waals surface area contributed by atoms with Crippen molar-refractivity contribution >= 4 is 29.1 Å². The second kappa shape index (κ2) is 7.65. The van der Waals surface area contributed by atoms with E-state index in [0.29, 0.717) is 31.8 Å². The molecule has 25 heavy (non-hydrogen) atoms. The quantitative estimate of drug-likeness (QED) is 0.807. The first kappa shape index (κ1) is 17.4. The average molecular weight is 345 g/mol. The molecule has 2 aliphatic heterocycles. The highest BCUT2D eigenvalue weighted by Crippen LogP contribution is 2.28. The number of benzene rings is 1. The van der Waals surface area contributed by atoms with E-state index in [9.17, 15) is 14.4 Å². The molecule has 0 radical (unpaired) electrons. The predicted octanol–water partition coefficient (Wildman–Crippen LogP) is 1.36. The van der Waals surface area contributed by atoms with Crippen molar-refractivity contribution in [3.05, 3.63) is 23.8 Å². The summed E-state index contributed by atoms with van der Waals surface area (Å²) in [5, 5.41) is 5.19. The van der Waals surface area contributed by atoms with Crippen LogP contribution in [0.2, 0.25) is 0 Å². The molecule has 1 aromatic carbocycles. The van der Waals surface area contributed by atoms with Gasteiger partial charge in [0.2, 0.25) is 5.91 Å². The Morgan fingerprint density at radius 2 is 2.12 bits per heavy atom. The lowest BCUT2D eigenvalue weighted by molar-refractivity contribution is -0.136. The van der Waals surface area contributed by atoms with Crippen LogP contribution in [-0.2, 0) is 19.1 Å². The number of nitrogens with one attached hydrogen (secondary N) is 2. The summed E-state index contributed by atoms with van der Waals surface area (Å²) < 4.78 is 5.41. The summed E-state index contributed by atoms with van der Waals surface area (Å²) in [5.74, 6) is -1.32. The molecule has 134 valence electrons. The smallest absolute Gasteiger partial charge is 0.313 e. The van der Waals surface area contributed by atoms with E-state index in [0.717, 1.165) is 30.5 Å². The second-order valence-corrected chi connectivity index (χ2v) is 6.45. The van der Waals surface area contributed by atoms with E-state index in [2.05, 4.69) is 10.6 Å². The van der Waals surface area contributed by atoms with Crippen molar-refractivity contribution in [1.29, 1.82) is 0 Å². The third-order valence-corrected chi connectivity index (χ3v) is 4.55. The van der Waals surface area contributed by atoms with Crippen molar-refractivity contribution in [2.75, 3.05) is 29.9 Å². The molecule has 2 saturated heterocycles. The Bertz CT molecular complexity index is 683. The fourth-order valence-electron chi connectivity index (χ4n) is 3.16. The van der Waals surface area contributed by atoms with Crippen LogP contribution in [0.25, 0.3) is 0 Å². The summed E-state index contributed by atoms with van der Waals surface area (Å²) >= 11 is 0. The predicted molar refractivity (Wildman–Crippen MR) is 93.4 cm³/mol. The highest BCUT2D eigenvalue weighted by atomic mass is 16.5. The first-order valence-electron chi connectivity index (χ1n) is 8.66. The van der Waals surface area contributed by atoms with Crippen LogP contribution >= 0.6 is 0 Å². The lowest BCUT2D eigenvalue weighted by Crippen LogP contribution is -2.39. The maximum absolute atomic E-state index is 12.1. The van der Waals surface area contributed by atoms with E-state index in [1.807, 2.05) is 13.0 Å². The average Bonchev–Trinajstić information content (AvgIpc) is 3.26. The van der Waals surface area contributed by atoms with Crippen LogP contribution in [0.15, 0.2) is 18.2 Å². The van der Waals surface area contributed by atoms with Crippen LogP contribution in [-0.4, -0.2) is 43.5 Å². The normalized spacial score (nSPS) is 20.0. The zero-order valence-electron chi connectivity index (χ0n) is 14.3. The standard InChI is InChI=1S/C18H23N3O4/c1-12-6-7-13(10-15(12)21-8-2-5-16(21)22)20-18(24)17(23)19-11-14-4-3-9-25-14/h6-7,10,14H,2-5,8-9,11H2,1H3,(H,19,23)(H,20,24). The van der Waals surface area contributed by atoms with Crippen LogP contribution in [0, 0.1) is 6.92 Å². The third-order valence-electron chi connectivity index (χ3n) is 4.55. The van der Waals surface area contributed by atoms with E-state index >= 15 is 0 Å². The van der Waals surface area contributed by atoms with Crippen molar-refractivity contribution in [3.63, 3.8) is 0 Å². The number of ether oxygens (including phenoxy) is 1. The molecule has 1 aromatic rings. The Balaban J connectivity index is 1.60. The summed E-state index contributed by atoms with van der Waals surface area (Å²) in [7, 11) is 0. The largest absolute Gasteiger partial charge is 0.376 e. The Morgan fingerprint density at radius 3 is 2.80 bits per heavy atom. The number of nitrogens with zero attached hydrogens (tertiary/aromatic N) is 1. The zero-order valence-corrected chi connectivity index (χ0v) is 14.3. The molecule has 0 aromatic heterocycles. The number of carbonyl (C=O) groups excluding carboxylic acids is 3. The van der Waals surface area contributed by atoms with Crippen molar-refractivity contribution in [2.24, 2.45) is 0 Å². The Morgan fingerprint density at radius 1 is 1.28 bits per heavy atom. The Hall–Kier alpha value is -2.41. The van der Waals surface area contributed by atoms with E-state index in [1.165, 1.54) is 0 Å². The van der Waals surface area contributed by atoms with Gasteiger partial charge in [0.05, 0.1) is 6.10 Å². The van der Waals surface area contributed by atoms with Gasteiger partial charge in [0.25, 0.3) is 0 Å². The van der Waals surface area contributed by atoms with Crippen molar-refractivity contribution < 1.29 is 19.1 Å². The zero-order chi connectivity index (χ0) is 17.8. The minimum atomic E-state index is -0.722. The minimum Gasteiger partial charge on any atom is -0.376 e. The molecular weight excluding hydrogens is 322 g/mol. The van der Waals surface area contributed by atoms with Gasteiger partial charge in [-0.25, -0.2) is 0 Å². The highest BCUT2D eigenvalue weighted by molar-refractivity contribution is 6.39. The summed E-state index contributed by atoms with van der Waals surface area (Å²) in [6.45, 7) is 3.64. The number of aryl methyl sites for hydroxylation is 1. The third kappa shape index (κ3) is 4.17. The van der Waals surface area contributed by atoms with Gasteiger partial charge in [-0.05, 0) is 43.9 Å². The van der Waals surface area contributed by atoms with Gasteiger partial charge in [-0.3, -0.25) is 14.4 Å². The van der Waals surface area contributed by atoms with Crippen LogP contribution in [0.5, 0.6) is 0 Å². The molecular formula is C18H23N3O4. The number of carbonyl (C=O) groups is 3. The maximum atomic E-state index is 12.1. The van der Waals surface area contributed by atoms with E-state index in [-0.39, 0.29) is 12.0 Å². The lowest BCUT2D eigenvalue weighted by Gasteiger charge is -2.19. The molecule has 2 N–H and O–H groups in total. The van der Waals surface area contributed by atoms with Crippen molar-refractivity contribution in [1.82, 2.24) is 5.32 Å². The molecule has 1 unspecified atom stereocenters. The molecule has 3 rings (SSSR count). The maximum Gasteiger partial charge on any atom is 0.313 e. The molecule has 7 heteroatoms. The highest BCUT2D eigenvalue weighted by Gasteiger charge is 2.24. The van der Waals surface area contributed by atoms with Crippen LogP contribution < -0.4 is 15.5 Å². The fourth-order valence-corrected chi connectivity index (χ4v) is 3.16. The molecule has 0 spiro atoms. The molecule has 0 saturated carbocycles. The Labute approximate surface area is 146 Å². The van der Waals surface area contributed by atoms with Crippen LogP contribution in [0.3, 0.4) is 0 Å². The molecule has 7 nitrogen and oxygen atoms in total. The lowest BCUT2D eigenvalue weighted by atomic mass is 10.1. The number of hydrogen-bond donors (Lipinski definition) is 2. The van der Waals surface area contributed by atoms with Gasteiger partial charge in [0.1, 0.15) is 0 Å². The Kier molecular flexibility index (Phi) is 5.33. The van der Waals surface area contributed by atoms with Gasteiger partial charge < -0.3 is 20.3 Å². The van der Waals surface area contributed by atoms with Crippen LogP contribution in [0.4, 0.5) is 11.4 Å². The van der Waals surface area contributed by atoms with Gasteiger partial charge in [-0.15, -0.1) is 0 Å². The van der Waals surface area contributed by atoms with Crippen LogP contribution in [0.1, 0.15) is 31.2 Å². The van der Waals surface area contributed by atoms with E-state index in [1.54, 1.807) is 17.0 Å². The first-order valence-corrected chi connectivity index (χ1v) is 8.66. The SMILES string of the molecule is Cc1ccc(NC(=O)C(=O)NCC2CCCO2)cc1N1CCCC1=O. The van der Waals surface area contributed by atoms with E-state index < -0.39 is 11.8 Å². The topological polar surface area (TPSA) is 87.7 Å². The number of amides is 3. The van der Waals surface area contributed by atoms with Crippen molar-refractivity contribution in [3.8, 4) is 0 Å². The molecule has 3 amide bonds. The van der Waals surface area contributed by atoms with Gasteiger partial charge in [0.15, 0.2) is 0 Å². The number of rotatable bonds is 4. The molecule has 1 atom stereocenters.